The number of hydrogen-bond acceptors (Lipinski definition) is 3. The van der Waals surface area contributed by atoms with Crippen LogP contribution in [0.15, 0.2) is 48.5 Å². The number of nitrogens with zero attached hydrogens (tertiary/aromatic N) is 1. The summed E-state index contributed by atoms with van der Waals surface area (Å²) in [5.74, 6) is -0.460. The summed E-state index contributed by atoms with van der Waals surface area (Å²) < 4.78 is 27.3. The number of rotatable bonds is 6. The van der Waals surface area contributed by atoms with Crippen LogP contribution >= 0.6 is 0 Å². The summed E-state index contributed by atoms with van der Waals surface area (Å²) in [6.07, 6.45) is 2.35. The highest BCUT2D eigenvalue weighted by Crippen LogP contribution is 2.24. The number of anilines is 1. The first kappa shape index (κ1) is 20.6. The van der Waals surface area contributed by atoms with Crippen molar-refractivity contribution in [1.82, 2.24) is 4.31 Å². The van der Waals surface area contributed by atoms with E-state index in [2.05, 4.69) is 12.2 Å². The molecule has 6 heteroatoms. The Labute approximate surface area is 167 Å². The van der Waals surface area contributed by atoms with Crippen LogP contribution in [-0.4, -0.2) is 31.7 Å². The molecule has 0 radical (unpaired) electrons. The van der Waals surface area contributed by atoms with Gasteiger partial charge in [0.2, 0.25) is 15.9 Å². The van der Waals surface area contributed by atoms with Crippen molar-refractivity contribution in [2.24, 2.45) is 5.92 Å². The first-order valence-electron chi connectivity index (χ1n) is 9.81. The van der Waals surface area contributed by atoms with Crippen molar-refractivity contribution in [1.29, 1.82) is 0 Å². The summed E-state index contributed by atoms with van der Waals surface area (Å²) >= 11 is 0. The Balaban J connectivity index is 1.65. The second-order valence-corrected chi connectivity index (χ2v) is 9.39. The van der Waals surface area contributed by atoms with Crippen LogP contribution < -0.4 is 5.32 Å². The number of hydrogen-bond donors (Lipinski definition) is 1. The molecule has 0 saturated carbocycles. The highest BCUT2D eigenvalue weighted by Gasteiger charge is 2.32. The van der Waals surface area contributed by atoms with Crippen molar-refractivity contribution < 1.29 is 13.2 Å². The average molecular weight is 401 g/mol. The van der Waals surface area contributed by atoms with Gasteiger partial charge in [-0.1, -0.05) is 43.3 Å². The van der Waals surface area contributed by atoms with E-state index in [0.717, 1.165) is 23.2 Å². The lowest BCUT2D eigenvalue weighted by Gasteiger charge is -2.31. The van der Waals surface area contributed by atoms with E-state index in [0.29, 0.717) is 19.4 Å². The molecule has 1 aliphatic heterocycles. The van der Waals surface area contributed by atoms with Gasteiger partial charge in [0.15, 0.2) is 0 Å². The maximum atomic E-state index is 12.9. The van der Waals surface area contributed by atoms with Crippen LogP contribution in [0.25, 0.3) is 0 Å². The minimum absolute atomic E-state index is 0.0213. The lowest BCUT2D eigenvalue weighted by atomic mass is 9.98. The van der Waals surface area contributed by atoms with Gasteiger partial charge in [0, 0.05) is 18.8 Å². The van der Waals surface area contributed by atoms with E-state index in [9.17, 15) is 13.2 Å². The fourth-order valence-electron chi connectivity index (χ4n) is 3.54. The van der Waals surface area contributed by atoms with Gasteiger partial charge < -0.3 is 5.32 Å². The maximum absolute atomic E-state index is 12.9. The minimum Gasteiger partial charge on any atom is -0.326 e. The standard InChI is InChI=1S/C22H28N2O3S/c1-3-18-10-12-21(13-11-18)23-22(25)19-9-6-14-24(15-19)28(26,27)16-20-8-5-4-7-17(20)2/h4-5,7-8,10-13,19H,3,6,9,14-16H2,1-2H3,(H,23,25)/t19-/m0/s1. The normalized spacial score (nSPS) is 18.0. The maximum Gasteiger partial charge on any atom is 0.228 e. The molecular weight excluding hydrogens is 372 g/mol. The Kier molecular flexibility index (Phi) is 6.52. The Morgan fingerprint density at radius 2 is 1.86 bits per heavy atom. The molecule has 1 atom stereocenters. The van der Waals surface area contributed by atoms with Crippen LogP contribution in [0.3, 0.4) is 0 Å². The summed E-state index contributed by atoms with van der Waals surface area (Å²) in [5, 5.41) is 2.93. The lowest BCUT2D eigenvalue weighted by molar-refractivity contribution is -0.120. The molecule has 1 heterocycles. The van der Waals surface area contributed by atoms with Gasteiger partial charge in [0.1, 0.15) is 0 Å². The van der Waals surface area contributed by atoms with Gasteiger partial charge in [0.05, 0.1) is 11.7 Å². The number of carbonyl (C=O) groups is 1. The van der Waals surface area contributed by atoms with Crippen molar-refractivity contribution in [2.45, 2.75) is 38.9 Å². The van der Waals surface area contributed by atoms with E-state index in [-0.39, 0.29) is 24.1 Å². The van der Waals surface area contributed by atoms with Gasteiger partial charge in [0.25, 0.3) is 0 Å². The lowest BCUT2D eigenvalue weighted by Crippen LogP contribution is -2.44. The predicted molar refractivity (Wildman–Crippen MR) is 113 cm³/mol. The number of amides is 1. The molecule has 2 aromatic rings. The largest absolute Gasteiger partial charge is 0.326 e. The smallest absolute Gasteiger partial charge is 0.228 e. The first-order valence-corrected chi connectivity index (χ1v) is 11.4. The number of piperidine rings is 1. The van der Waals surface area contributed by atoms with Crippen molar-refractivity contribution in [3.05, 3.63) is 65.2 Å². The highest BCUT2D eigenvalue weighted by atomic mass is 32.2. The van der Waals surface area contributed by atoms with E-state index >= 15 is 0 Å². The van der Waals surface area contributed by atoms with Crippen molar-refractivity contribution in [2.75, 3.05) is 18.4 Å². The summed E-state index contributed by atoms with van der Waals surface area (Å²) in [4.78, 5) is 12.7. The molecule has 1 aliphatic rings. The number of carbonyl (C=O) groups excluding carboxylic acids is 1. The third kappa shape index (κ3) is 5.00. The second-order valence-electron chi connectivity index (χ2n) is 7.42. The molecule has 3 rings (SSSR count). The summed E-state index contributed by atoms with van der Waals surface area (Å²) in [6.45, 7) is 4.72. The summed E-state index contributed by atoms with van der Waals surface area (Å²) in [6, 6.07) is 15.3. The molecule has 0 aromatic heterocycles. The van der Waals surface area contributed by atoms with Crippen LogP contribution in [0.4, 0.5) is 5.69 Å². The topological polar surface area (TPSA) is 66.5 Å². The fourth-order valence-corrected chi connectivity index (χ4v) is 5.25. The van der Waals surface area contributed by atoms with Gasteiger partial charge in [-0.3, -0.25) is 4.79 Å². The van der Waals surface area contributed by atoms with Gasteiger partial charge >= 0.3 is 0 Å². The molecule has 2 aromatic carbocycles. The Bertz CT molecular complexity index is 923. The number of benzene rings is 2. The Hall–Kier alpha value is -2.18. The molecule has 0 spiro atoms. The predicted octanol–water partition coefficient (Wildman–Crippen LogP) is 3.74. The van der Waals surface area contributed by atoms with Crippen molar-refractivity contribution in [3.8, 4) is 0 Å². The van der Waals surface area contributed by atoms with Gasteiger partial charge in [-0.05, 0) is 55.0 Å². The van der Waals surface area contributed by atoms with Crippen molar-refractivity contribution >= 4 is 21.6 Å². The number of nitrogens with one attached hydrogen (secondary N) is 1. The SMILES string of the molecule is CCc1ccc(NC(=O)[C@H]2CCCN(S(=O)(=O)Cc3ccccc3C)C2)cc1. The summed E-state index contributed by atoms with van der Waals surface area (Å²) in [7, 11) is -3.45. The zero-order chi connectivity index (χ0) is 20.1. The number of aryl methyl sites for hydroxylation is 2. The monoisotopic (exact) mass is 400 g/mol. The van der Waals surface area contributed by atoms with Crippen LogP contribution in [0.2, 0.25) is 0 Å². The zero-order valence-electron chi connectivity index (χ0n) is 16.5. The zero-order valence-corrected chi connectivity index (χ0v) is 17.3. The van der Waals surface area contributed by atoms with Crippen LogP contribution in [0, 0.1) is 12.8 Å². The quantitative estimate of drug-likeness (QED) is 0.803. The van der Waals surface area contributed by atoms with Crippen LogP contribution in [0.1, 0.15) is 36.5 Å². The van der Waals surface area contributed by atoms with Crippen LogP contribution in [-0.2, 0) is 27.0 Å². The van der Waals surface area contributed by atoms with E-state index in [1.165, 1.54) is 9.87 Å². The van der Waals surface area contributed by atoms with E-state index in [1.54, 1.807) is 0 Å². The molecule has 28 heavy (non-hydrogen) atoms. The fraction of sp³-hybridized carbons (Fsp3) is 0.409. The third-order valence-electron chi connectivity index (χ3n) is 5.38. The first-order chi connectivity index (χ1) is 13.4. The van der Waals surface area contributed by atoms with Gasteiger partial charge in [-0.15, -0.1) is 0 Å². The van der Waals surface area contributed by atoms with E-state index in [1.807, 2.05) is 55.5 Å². The Morgan fingerprint density at radius 3 is 2.54 bits per heavy atom. The molecule has 0 aliphatic carbocycles. The second kappa shape index (κ2) is 8.88. The molecule has 1 N–H and O–H groups in total. The molecule has 0 bridgehead atoms. The van der Waals surface area contributed by atoms with E-state index < -0.39 is 10.0 Å². The van der Waals surface area contributed by atoms with Gasteiger partial charge in [-0.2, -0.15) is 0 Å². The average Bonchev–Trinajstić information content (AvgIpc) is 2.70. The van der Waals surface area contributed by atoms with E-state index in [4.69, 9.17) is 0 Å². The number of sulfonamides is 1. The molecule has 1 fully saturated rings. The van der Waals surface area contributed by atoms with Crippen LogP contribution in [0.5, 0.6) is 0 Å². The minimum atomic E-state index is -3.45. The molecule has 1 amide bonds. The Morgan fingerprint density at radius 1 is 1.14 bits per heavy atom. The summed E-state index contributed by atoms with van der Waals surface area (Å²) in [5.41, 5.74) is 3.74. The molecular formula is C22H28N2O3S. The third-order valence-corrected chi connectivity index (χ3v) is 7.17. The molecule has 5 nitrogen and oxygen atoms in total. The molecule has 0 unspecified atom stereocenters. The van der Waals surface area contributed by atoms with Gasteiger partial charge in [-0.25, -0.2) is 12.7 Å². The van der Waals surface area contributed by atoms with Crippen molar-refractivity contribution in [3.63, 3.8) is 0 Å². The molecule has 1 saturated heterocycles. The molecule has 150 valence electrons. The highest BCUT2D eigenvalue weighted by molar-refractivity contribution is 7.88.